The quantitative estimate of drug-likeness (QED) is 0.349. The Hall–Kier alpha value is -1.63. The fourth-order valence-corrected chi connectivity index (χ4v) is 1.20. The average Bonchev–Trinajstić information content (AvgIpc) is 2.15. The zero-order chi connectivity index (χ0) is 10.6. The van der Waals surface area contributed by atoms with Gasteiger partial charge in [-0.2, -0.15) is 0 Å². The van der Waals surface area contributed by atoms with Gasteiger partial charge in [0.05, 0.1) is 6.54 Å². The molecule has 0 aromatic rings. The van der Waals surface area contributed by atoms with E-state index in [1.54, 1.807) is 4.90 Å². The van der Waals surface area contributed by atoms with Crippen LogP contribution in [0.1, 0.15) is 0 Å². The van der Waals surface area contributed by atoms with Crippen molar-refractivity contribution >= 4 is 5.97 Å². The maximum Gasteiger partial charge on any atom is 0.329 e. The summed E-state index contributed by atoms with van der Waals surface area (Å²) < 4.78 is 0. The molecule has 1 aliphatic heterocycles. The molecule has 0 spiro atoms. The molecule has 0 aromatic carbocycles. The van der Waals surface area contributed by atoms with Crippen LogP contribution in [0.15, 0.2) is 12.3 Å². The number of hydrogen-bond acceptors (Lipinski definition) is 5. The van der Waals surface area contributed by atoms with E-state index in [1.165, 1.54) is 6.20 Å². The Morgan fingerprint density at radius 2 is 2.43 bits per heavy atom. The largest absolute Gasteiger partial charge is 0.478 e. The van der Waals surface area contributed by atoms with Crippen LogP contribution >= 0.6 is 0 Å². The number of nitrogens with zero attached hydrogens (tertiary/aromatic N) is 2. The lowest BCUT2D eigenvalue weighted by Crippen LogP contribution is -2.52. The molecule has 1 heterocycles. The van der Waals surface area contributed by atoms with Gasteiger partial charge in [-0.15, -0.1) is 0 Å². The predicted octanol–water partition coefficient (Wildman–Crippen LogP) is -0.907. The molecule has 0 radical (unpaired) electrons. The molecule has 78 valence electrons. The monoisotopic (exact) mass is 201 g/mol. The third-order valence-electron chi connectivity index (χ3n) is 1.87. The molecule has 1 saturated heterocycles. The standard InChI is InChI=1S/C7H11N3O4/c11-7(12)1-3-9-4-2-8-6(5-9)10(13)14/h1,3,6,8H,2,4-5H2,(H,11,12)/b3-1-/t6-/m1/s1. The second-order valence-corrected chi connectivity index (χ2v) is 2.90. The van der Waals surface area contributed by atoms with Crippen LogP contribution < -0.4 is 5.32 Å². The highest BCUT2D eigenvalue weighted by molar-refractivity contribution is 5.79. The van der Waals surface area contributed by atoms with Gasteiger partial charge in [0.2, 0.25) is 0 Å². The highest BCUT2D eigenvalue weighted by Gasteiger charge is 2.25. The first kappa shape index (κ1) is 10.5. The summed E-state index contributed by atoms with van der Waals surface area (Å²) >= 11 is 0. The van der Waals surface area contributed by atoms with Crippen LogP contribution in [0.2, 0.25) is 0 Å². The molecule has 0 aromatic heterocycles. The predicted molar refractivity (Wildman–Crippen MR) is 47.1 cm³/mol. The van der Waals surface area contributed by atoms with E-state index >= 15 is 0 Å². The van der Waals surface area contributed by atoms with Crippen molar-refractivity contribution in [3.8, 4) is 0 Å². The van der Waals surface area contributed by atoms with Gasteiger partial charge in [0.15, 0.2) is 0 Å². The van der Waals surface area contributed by atoms with Crippen LogP contribution in [0.25, 0.3) is 0 Å². The van der Waals surface area contributed by atoms with Gasteiger partial charge in [-0.3, -0.25) is 15.4 Å². The third kappa shape index (κ3) is 3.02. The molecule has 2 N–H and O–H groups in total. The van der Waals surface area contributed by atoms with E-state index < -0.39 is 17.1 Å². The van der Waals surface area contributed by atoms with Crippen molar-refractivity contribution in [3.63, 3.8) is 0 Å². The van der Waals surface area contributed by atoms with Crippen LogP contribution in [-0.2, 0) is 4.79 Å². The van der Waals surface area contributed by atoms with Crippen molar-refractivity contribution in [2.75, 3.05) is 19.6 Å². The van der Waals surface area contributed by atoms with Crippen molar-refractivity contribution in [2.45, 2.75) is 6.17 Å². The summed E-state index contributed by atoms with van der Waals surface area (Å²) in [7, 11) is 0. The SMILES string of the molecule is O=C(O)/C=C\N1CCN[C@H]([N+](=O)[O-])C1. The lowest BCUT2D eigenvalue weighted by atomic mass is 10.3. The molecule has 0 saturated carbocycles. The molecule has 1 fully saturated rings. The summed E-state index contributed by atoms with van der Waals surface area (Å²) in [6.07, 6.45) is 1.52. The van der Waals surface area contributed by atoms with Crippen LogP contribution in [0.4, 0.5) is 0 Å². The van der Waals surface area contributed by atoms with Gasteiger partial charge in [0.25, 0.3) is 6.17 Å². The van der Waals surface area contributed by atoms with Crippen molar-refractivity contribution in [3.05, 3.63) is 22.4 Å². The number of carboxylic acids is 1. The summed E-state index contributed by atoms with van der Waals surface area (Å²) in [4.78, 5) is 21.8. The molecule has 0 unspecified atom stereocenters. The first-order valence-corrected chi connectivity index (χ1v) is 4.11. The Bertz CT molecular complexity index is 266. The number of carboxylic acid groups (broad SMARTS) is 1. The zero-order valence-electron chi connectivity index (χ0n) is 7.42. The van der Waals surface area contributed by atoms with Gasteiger partial charge in [-0.25, -0.2) is 4.79 Å². The molecular weight excluding hydrogens is 190 g/mol. The lowest BCUT2D eigenvalue weighted by Gasteiger charge is -2.27. The zero-order valence-corrected chi connectivity index (χ0v) is 7.42. The summed E-state index contributed by atoms with van der Waals surface area (Å²) in [5.74, 6) is -1.05. The number of carbonyl (C=O) groups is 1. The van der Waals surface area contributed by atoms with Gasteiger partial charge in [-0.05, 0) is 0 Å². The fraction of sp³-hybridized carbons (Fsp3) is 0.571. The molecule has 7 heteroatoms. The van der Waals surface area contributed by atoms with Gasteiger partial charge < -0.3 is 10.0 Å². The number of aliphatic carboxylic acids is 1. The average molecular weight is 201 g/mol. The molecule has 1 atom stereocenters. The Balaban J connectivity index is 2.48. The van der Waals surface area contributed by atoms with Gasteiger partial charge >= 0.3 is 5.97 Å². The van der Waals surface area contributed by atoms with Gasteiger partial charge in [-0.1, -0.05) is 0 Å². The highest BCUT2D eigenvalue weighted by Crippen LogP contribution is 2.00. The lowest BCUT2D eigenvalue weighted by molar-refractivity contribution is -0.531. The molecule has 7 nitrogen and oxygen atoms in total. The summed E-state index contributed by atoms with van der Waals surface area (Å²) in [6.45, 7) is 1.25. The third-order valence-corrected chi connectivity index (χ3v) is 1.87. The molecule has 0 amide bonds. The molecule has 1 rings (SSSR count). The van der Waals surface area contributed by atoms with E-state index in [0.717, 1.165) is 6.08 Å². The highest BCUT2D eigenvalue weighted by atomic mass is 16.6. The minimum Gasteiger partial charge on any atom is -0.478 e. The van der Waals surface area contributed by atoms with Crippen LogP contribution in [0.3, 0.4) is 0 Å². The summed E-state index contributed by atoms with van der Waals surface area (Å²) in [5.41, 5.74) is 0. The fourth-order valence-electron chi connectivity index (χ4n) is 1.20. The first-order chi connectivity index (χ1) is 6.59. The maximum absolute atomic E-state index is 10.4. The van der Waals surface area contributed by atoms with E-state index in [-0.39, 0.29) is 6.54 Å². The van der Waals surface area contributed by atoms with E-state index in [2.05, 4.69) is 5.32 Å². The number of hydrogen-bond donors (Lipinski definition) is 2. The molecule has 0 bridgehead atoms. The van der Waals surface area contributed by atoms with Gasteiger partial charge in [0, 0.05) is 30.3 Å². The Morgan fingerprint density at radius 1 is 1.71 bits per heavy atom. The second kappa shape index (κ2) is 4.56. The number of piperazine rings is 1. The van der Waals surface area contributed by atoms with E-state index in [1.807, 2.05) is 0 Å². The Labute approximate surface area is 80.2 Å². The molecule has 0 aliphatic carbocycles. The summed E-state index contributed by atoms with van der Waals surface area (Å²) in [5, 5.41) is 21.5. The van der Waals surface area contributed by atoms with Crippen LogP contribution in [0.5, 0.6) is 0 Å². The van der Waals surface area contributed by atoms with Crippen molar-refractivity contribution in [2.24, 2.45) is 0 Å². The van der Waals surface area contributed by atoms with Crippen molar-refractivity contribution in [1.29, 1.82) is 0 Å². The van der Waals surface area contributed by atoms with E-state index in [9.17, 15) is 14.9 Å². The molecular formula is C7H11N3O4. The molecule has 1 aliphatic rings. The normalized spacial score (nSPS) is 22.6. The Kier molecular flexibility index (Phi) is 3.41. The van der Waals surface area contributed by atoms with E-state index in [0.29, 0.717) is 13.1 Å². The summed E-state index contributed by atoms with van der Waals surface area (Å²) in [6, 6.07) is 0. The minimum atomic E-state index is -1.05. The van der Waals surface area contributed by atoms with Gasteiger partial charge in [0.1, 0.15) is 0 Å². The van der Waals surface area contributed by atoms with Crippen molar-refractivity contribution < 1.29 is 14.8 Å². The maximum atomic E-state index is 10.4. The van der Waals surface area contributed by atoms with Crippen molar-refractivity contribution in [1.82, 2.24) is 10.2 Å². The topological polar surface area (TPSA) is 95.7 Å². The van der Waals surface area contributed by atoms with Crippen LogP contribution in [0, 0.1) is 10.1 Å². The smallest absolute Gasteiger partial charge is 0.329 e. The second-order valence-electron chi connectivity index (χ2n) is 2.90. The van der Waals surface area contributed by atoms with Crippen LogP contribution in [-0.4, -0.2) is 46.7 Å². The Morgan fingerprint density at radius 3 is 3.00 bits per heavy atom. The number of nitrogens with one attached hydrogen (secondary N) is 1. The number of rotatable bonds is 3. The minimum absolute atomic E-state index is 0.191. The van der Waals surface area contributed by atoms with E-state index in [4.69, 9.17) is 5.11 Å². The molecule has 14 heavy (non-hydrogen) atoms. The first-order valence-electron chi connectivity index (χ1n) is 4.11. The number of nitro groups is 1.